The summed E-state index contributed by atoms with van der Waals surface area (Å²) >= 11 is 0. The molecule has 2 saturated heterocycles. The Morgan fingerprint density at radius 2 is 1.76 bits per heavy atom. The molecule has 21 heavy (non-hydrogen) atoms. The third-order valence-electron chi connectivity index (χ3n) is 6.05. The molecule has 1 aromatic rings. The lowest BCUT2D eigenvalue weighted by atomic mass is 9.79. The van der Waals surface area contributed by atoms with Crippen molar-refractivity contribution in [2.75, 3.05) is 19.6 Å². The molecular formula is C19H28N2. The Morgan fingerprint density at radius 1 is 0.905 bits per heavy atom. The maximum absolute atomic E-state index is 3.76. The summed E-state index contributed by atoms with van der Waals surface area (Å²) in [5.41, 5.74) is 1.57. The first-order valence-corrected chi connectivity index (χ1v) is 8.94. The molecule has 3 aliphatic rings. The van der Waals surface area contributed by atoms with Gasteiger partial charge in [0.25, 0.3) is 0 Å². The van der Waals surface area contributed by atoms with Crippen molar-refractivity contribution in [1.29, 1.82) is 0 Å². The zero-order chi connectivity index (χ0) is 14.1. The molecular weight excluding hydrogens is 256 g/mol. The molecule has 2 heterocycles. The summed E-state index contributed by atoms with van der Waals surface area (Å²) in [6, 6.07) is 12.8. The van der Waals surface area contributed by atoms with E-state index in [1.165, 1.54) is 58.2 Å². The van der Waals surface area contributed by atoms with Crippen LogP contribution in [-0.4, -0.2) is 36.6 Å². The van der Waals surface area contributed by atoms with Crippen LogP contribution < -0.4 is 5.32 Å². The van der Waals surface area contributed by atoms with E-state index in [-0.39, 0.29) is 0 Å². The molecule has 2 heteroatoms. The highest BCUT2D eigenvalue weighted by Gasteiger charge is 2.40. The Bertz CT molecular complexity index is 444. The number of hydrogen-bond donors (Lipinski definition) is 1. The van der Waals surface area contributed by atoms with Crippen LogP contribution in [0.2, 0.25) is 0 Å². The monoisotopic (exact) mass is 284 g/mol. The van der Waals surface area contributed by atoms with E-state index >= 15 is 0 Å². The van der Waals surface area contributed by atoms with Gasteiger partial charge in [-0.3, -0.25) is 4.90 Å². The molecule has 1 N–H and O–H groups in total. The lowest BCUT2D eigenvalue weighted by Gasteiger charge is -2.38. The number of nitrogens with one attached hydrogen (secondary N) is 1. The molecule has 1 aliphatic carbocycles. The van der Waals surface area contributed by atoms with E-state index in [1.54, 1.807) is 5.56 Å². The van der Waals surface area contributed by atoms with Crippen molar-refractivity contribution < 1.29 is 0 Å². The van der Waals surface area contributed by atoms with E-state index in [0.29, 0.717) is 0 Å². The average molecular weight is 284 g/mol. The van der Waals surface area contributed by atoms with Gasteiger partial charge in [-0.15, -0.1) is 0 Å². The van der Waals surface area contributed by atoms with Crippen LogP contribution in [-0.2, 0) is 0 Å². The van der Waals surface area contributed by atoms with Crippen LogP contribution in [0, 0.1) is 5.92 Å². The standard InChI is InChI=1S/C19H28N2/c1-2-7-15(8-3-1)17-10-4-5-11-19(17)21-13-16-9-6-12-20-18(16)14-21/h1-3,7-8,16-20H,4-6,9-14H2/t16-,17?,18+,19?/m0/s1. The van der Waals surface area contributed by atoms with Gasteiger partial charge in [0.15, 0.2) is 0 Å². The Morgan fingerprint density at radius 3 is 2.62 bits per heavy atom. The minimum absolute atomic E-state index is 0.764. The fourth-order valence-electron chi connectivity index (χ4n) is 4.99. The second-order valence-corrected chi connectivity index (χ2v) is 7.29. The van der Waals surface area contributed by atoms with Crippen LogP contribution in [0.1, 0.15) is 50.0 Å². The van der Waals surface area contributed by atoms with E-state index in [9.17, 15) is 0 Å². The van der Waals surface area contributed by atoms with E-state index in [0.717, 1.165) is 23.9 Å². The topological polar surface area (TPSA) is 15.3 Å². The Balaban J connectivity index is 1.52. The number of fused-ring (bicyclic) bond motifs is 1. The van der Waals surface area contributed by atoms with Gasteiger partial charge in [0.2, 0.25) is 0 Å². The first-order chi connectivity index (χ1) is 10.4. The third kappa shape index (κ3) is 2.76. The van der Waals surface area contributed by atoms with Gasteiger partial charge in [-0.2, -0.15) is 0 Å². The molecule has 2 aliphatic heterocycles. The number of piperidine rings is 1. The first-order valence-electron chi connectivity index (χ1n) is 8.94. The molecule has 4 rings (SSSR count). The highest BCUT2D eigenvalue weighted by molar-refractivity contribution is 5.22. The minimum atomic E-state index is 0.764. The van der Waals surface area contributed by atoms with E-state index in [2.05, 4.69) is 40.5 Å². The highest BCUT2D eigenvalue weighted by atomic mass is 15.2. The Kier molecular flexibility index (Phi) is 4.00. The maximum Gasteiger partial charge on any atom is 0.0235 e. The summed E-state index contributed by atoms with van der Waals surface area (Å²) in [5, 5.41) is 3.76. The van der Waals surface area contributed by atoms with Crippen LogP contribution in [0.3, 0.4) is 0 Å². The Hall–Kier alpha value is -0.860. The summed E-state index contributed by atoms with van der Waals surface area (Å²) in [4.78, 5) is 2.84. The van der Waals surface area contributed by atoms with Gasteiger partial charge in [-0.25, -0.2) is 0 Å². The number of likely N-dealkylation sites (tertiary alicyclic amines) is 1. The minimum Gasteiger partial charge on any atom is -0.312 e. The average Bonchev–Trinajstić information content (AvgIpc) is 2.99. The molecule has 0 bridgehead atoms. The fraction of sp³-hybridized carbons (Fsp3) is 0.684. The zero-order valence-electron chi connectivity index (χ0n) is 13.0. The van der Waals surface area contributed by atoms with Crippen molar-refractivity contribution in [3.63, 3.8) is 0 Å². The third-order valence-corrected chi connectivity index (χ3v) is 6.05. The molecule has 3 fully saturated rings. The van der Waals surface area contributed by atoms with Crippen molar-refractivity contribution in [3.8, 4) is 0 Å². The maximum atomic E-state index is 3.76. The smallest absolute Gasteiger partial charge is 0.0235 e. The zero-order valence-corrected chi connectivity index (χ0v) is 13.0. The summed E-state index contributed by atoms with van der Waals surface area (Å²) in [6.07, 6.45) is 8.44. The van der Waals surface area contributed by atoms with Gasteiger partial charge in [0, 0.05) is 25.2 Å². The molecule has 1 aromatic carbocycles. The predicted molar refractivity (Wildman–Crippen MR) is 87.5 cm³/mol. The number of rotatable bonds is 2. The van der Waals surface area contributed by atoms with E-state index < -0.39 is 0 Å². The molecule has 0 amide bonds. The van der Waals surface area contributed by atoms with Crippen LogP contribution in [0.15, 0.2) is 30.3 Å². The molecule has 114 valence electrons. The van der Waals surface area contributed by atoms with Crippen LogP contribution in [0.4, 0.5) is 0 Å². The second-order valence-electron chi connectivity index (χ2n) is 7.29. The number of hydrogen-bond acceptors (Lipinski definition) is 2. The van der Waals surface area contributed by atoms with Crippen LogP contribution in [0.25, 0.3) is 0 Å². The van der Waals surface area contributed by atoms with Crippen molar-refractivity contribution in [2.45, 2.75) is 56.5 Å². The van der Waals surface area contributed by atoms with Gasteiger partial charge in [0.05, 0.1) is 0 Å². The molecule has 0 spiro atoms. The lowest BCUT2D eigenvalue weighted by Crippen LogP contribution is -2.43. The molecule has 0 radical (unpaired) electrons. The molecule has 2 nitrogen and oxygen atoms in total. The van der Waals surface area contributed by atoms with Crippen LogP contribution >= 0.6 is 0 Å². The van der Waals surface area contributed by atoms with Crippen molar-refractivity contribution in [2.24, 2.45) is 5.92 Å². The highest BCUT2D eigenvalue weighted by Crippen LogP contribution is 2.39. The van der Waals surface area contributed by atoms with Crippen molar-refractivity contribution in [1.82, 2.24) is 10.2 Å². The van der Waals surface area contributed by atoms with Gasteiger partial charge < -0.3 is 5.32 Å². The van der Waals surface area contributed by atoms with Gasteiger partial charge in [0.1, 0.15) is 0 Å². The molecule has 4 atom stereocenters. The summed E-state index contributed by atoms with van der Waals surface area (Å²) < 4.78 is 0. The van der Waals surface area contributed by atoms with Crippen molar-refractivity contribution >= 4 is 0 Å². The van der Waals surface area contributed by atoms with Gasteiger partial charge in [-0.05, 0) is 49.6 Å². The lowest BCUT2D eigenvalue weighted by molar-refractivity contribution is 0.160. The summed E-state index contributed by atoms with van der Waals surface area (Å²) in [5.74, 6) is 1.68. The second kappa shape index (κ2) is 6.10. The number of nitrogens with zero attached hydrogens (tertiary/aromatic N) is 1. The van der Waals surface area contributed by atoms with Gasteiger partial charge >= 0.3 is 0 Å². The van der Waals surface area contributed by atoms with Crippen LogP contribution in [0.5, 0.6) is 0 Å². The normalized spacial score (nSPS) is 37.3. The van der Waals surface area contributed by atoms with Crippen molar-refractivity contribution in [3.05, 3.63) is 35.9 Å². The summed E-state index contributed by atoms with van der Waals surface area (Å²) in [6.45, 7) is 3.87. The first kappa shape index (κ1) is 13.8. The molecule has 1 saturated carbocycles. The predicted octanol–water partition coefficient (Wildman–Crippen LogP) is 3.40. The number of benzene rings is 1. The summed E-state index contributed by atoms with van der Waals surface area (Å²) in [7, 11) is 0. The molecule has 0 aromatic heterocycles. The SMILES string of the molecule is c1ccc(C2CCCCC2N2C[C@@H]3CCCN[C@@H]3C2)cc1. The van der Waals surface area contributed by atoms with Gasteiger partial charge in [-0.1, -0.05) is 43.2 Å². The molecule has 2 unspecified atom stereocenters. The largest absolute Gasteiger partial charge is 0.312 e. The fourth-order valence-corrected chi connectivity index (χ4v) is 4.99. The van der Waals surface area contributed by atoms with E-state index in [1.807, 2.05) is 0 Å². The quantitative estimate of drug-likeness (QED) is 0.895. The van der Waals surface area contributed by atoms with E-state index in [4.69, 9.17) is 0 Å². The Labute approximate surface area is 128 Å².